The van der Waals surface area contributed by atoms with Gasteiger partial charge in [0.2, 0.25) is 0 Å². The van der Waals surface area contributed by atoms with Gasteiger partial charge in [0.25, 0.3) is 0 Å². The SMILES string of the molecule is CC(=O)CC(CO)c1ccc(C2CCCCC2)cc1. The summed E-state index contributed by atoms with van der Waals surface area (Å²) in [5.41, 5.74) is 2.50. The first-order chi connectivity index (χ1) is 9.20. The standard InChI is InChI=1S/C17H24O2/c1-13(19)11-17(12-18)16-9-7-15(8-10-16)14-5-3-2-4-6-14/h7-10,14,17-18H,2-6,11-12H2,1H3. The van der Waals surface area contributed by atoms with Gasteiger partial charge in [-0.3, -0.25) is 0 Å². The minimum atomic E-state index is -0.0436. The Kier molecular flexibility index (Phi) is 5.15. The number of rotatable bonds is 5. The van der Waals surface area contributed by atoms with Gasteiger partial charge in [-0.2, -0.15) is 0 Å². The summed E-state index contributed by atoms with van der Waals surface area (Å²) in [6, 6.07) is 8.56. The van der Waals surface area contributed by atoms with Gasteiger partial charge in [-0.05, 0) is 36.8 Å². The fourth-order valence-corrected chi connectivity index (χ4v) is 3.11. The van der Waals surface area contributed by atoms with Crippen molar-refractivity contribution in [2.75, 3.05) is 6.61 Å². The number of hydrogen-bond acceptors (Lipinski definition) is 2. The van der Waals surface area contributed by atoms with Gasteiger partial charge in [-0.25, -0.2) is 0 Å². The second-order valence-corrected chi connectivity index (χ2v) is 5.79. The predicted molar refractivity (Wildman–Crippen MR) is 77.4 cm³/mol. The van der Waals surface area contributed by atoms with E-state index in [2.05, 4.69) is 24.3 Å². The first-order valence-electron chi connectivity index (χ1n) is 7.41. The zero-order valence-electron chi connectivity index (χ0n) is 11.8. The van der Waals surface area contributed by atoms with Crippen LogP contribution in [0.2, 0.25) is 0 Å². The maximum absolute atomic E-state index is 11.2. The van der Waals surface area contributed by atoms with E-state index in [-0.39, 0.29) is 18.3 Å². The number of aliphatic hydroxyl groups excluding tert-OH is 1. The molecule has 19 heavy (non-hydrogen) atoms. The average Bonchev–Trinajstić information content (AvgIpc) is 2.46. The second-order valence-electron chi connectivity index (χ2n) is 5.79. The normalized spacial score (nSPS) is 18.2. The number of aliphatic hydroxyl groups is 1. The minimum Gasteiger partial charge on any atom is -0.396 e. The highest BCUT2D eigenvalue weighted by Gasteiger charge is 2.17. The quantitative estimate of drug-likeness (QED) is 0.874. The number of carbonyl (C=O) groups is 1. The monoisotopic (exact) mass is 260 g/mol. The molecule has 1 fully saturated rings. The molecule has 1 atom stereocenters. The van der Waals surface area contributed by atoms with Gasteiger partial charge >= 0.3 is 0 Å². The van der Waals surface area contributed by atoms with Gasteiger partial charge in [0, 0.05) is 12.3 Å². The van der Waals surface area contributed by atoms with Gasteiger partial charge in [-0.15, -0.1) is 0 Å². The fraction of sp³-hybridized carbons (Fsp3) is 0.588. The Labute approximate surface area is 115 Å². The summed E-state index contributed by atoms with van der Waals surface area (Å²) in [4.78, 5) is 11.2. The van der Waals surface area contributed by atoms with Crippen LogP contribution in [-0.2, 0) is 4.79 Å². The van der Waals surface area contributed by atoms with Crippen LogP contribution in [0.3, 0.4) is 0 Å². The van der Waals surface area contributed by atoms with Crippen molar-refractivity contribution in [3.8, 4) is 0 Å². The second kappa shape index (κ2) is 6.85. The van der Waals surface area contributed by atoms with E-state index in [1.165, 1.54) is 37.7 Å². The van der Waals surface area contributed by atoms with Crippen LogP contribution in [0, 0.1) is 0 Å². The van der Waals surface area contributed by atoms with Gasteiger partial charge in [0.05, 0.1) is 6.61 Å². The lowest BCUT2D eigenvalue weighted by atomic mass is 9.83. The highest BCUT2D eigenvalue weighted by atomic mass is 16.3. The summed E-state index contributed by atoms with van der Waals surface area (Å²) < 4.78 is 0. The molecular formula is C17H24O2. The third-order valence-corrected chi connectivity index (χ3v) is 4.24. The summed E-state index contributed by atoms with van der Waals surface area (Å²) in [6.07, 6.45) is 7.09. The lowest BCUT2D eigenvalue weighted by Gasteiger charge is -2.22. The van der Waals surface area contributed by atoms with E-state index in [0.29, 0.717) is 12.3 Å². The predicted octanol–water partition coefficient (Wildman–Crippen LogP) is 3.79. The maximum Gasteiger partial charge on any atom is 0.130 e. The summed E-state index contributed by atoms with van der Waals surface area (Å²) in [6.45, 7) is 1.63. The van der Waals surface area contributed by atoms with Crippen LogP contribution in [-0.4, -0.2) is 17.5 Å². The van der Waals surface area contributed by atoms with Crippen LogP contribution >= 0.6 is 0 Å². The number of carbonyl (C=O) groups excluding carboxylic acids is 1. The molecule has 2 rings (SSSR count). The molecule has 0 spiro atoms. The van der Waals surface area contributed by atoms with Gasteiger partial charge in [-0.1, -0.05) is 43.5 Å². The van der Waals surface area contributed by atoms with Crippen molar-refractivity contribution < 1.29 is 9.90 Å². The van der Waals surface area contributed by atoms with Crippen molar-refractivity contribution in [2.24, 2.45) is 0 Å². The van der Waals surface area contributed by atoms with Crippen molar-refractivity contribution in [1.29, 1.82) is 0 Å². The molecule has 0 heterocycles. The van der Waals surface area contributed by atoms with Crippen molar-refractivity contribution in [3.63, 3.8) is 0 Å². The molecule has 1 aliphatic carbocycles. The smallest absolute Gasteiger partial charge is 0.130 e. The van der Waals surface area contributed by atoms with Crippen LogP contribution in [0.5, 0.6) is 0 Å². The van der Waals surface area contributed by atoms with Crippen molar-refractivity contribution in [2.45, 2.75) is 57.3 Å². The van der Waals surface area contributed by atoms with Gasteiger partial charge in [0.1, 0.15) is 5.78 Å². The van der Waals surface area contributed by atoms with E-state index < -0.39 is 0 Å². The Morgan fingerprint density at radius 2 is 1.84 bits per heavy atom. The number of hydrogen-bond donors (Lipinski definition) is 1. The van der Waals surface area contributed by atoms with E-state index in [4.69, 9.17) is 0 Å². The summed E-state index contributed by atoms with van der Waals surface area (Å²) in [7, 11) is 0. The largest absolute Gasteiger partial charge is 0.396 e. The van der Waals surface area contributed by atoms with E-state index in [0.717, 1.165) is 5.56 Å². The molecule has 1 N–H and O–H groups in total. The summed E-state index contributed by atoms with van der Waals surface area (Å²) in [5.74, 6) is 0.802. The first-order valence-corrected chi connectivity index (χ1v) is 7.41. The van der Waals surface area contributed by atoms with Crippen LogP contribution in [0.25, 0.3) is 0 Å². The van der Waals surface area contributed by atoms with Crippen molar-refractivity contribution in [1.82, 2.24) is 0 Å². The Morgan fingerprint density at radius 3 is 2.37 bits per heavy atom. The van der Waals surface area contributed by atoms with E-state index in [9.17, 15) is 9.90 Å². The van der Waals surface area contributed by atoms with Crippen molar-refractivity contribution in [3.05, 3.63) is 35.4 Å². The molecule has 1 unspecified atom stereocenters. The van der Waals surface area contributed by atoms with Crippen LogP contribution in [0.4, 0.5) is 0 Å². The molecule has 0 radical (unpaired) electrons. The highest BCUT2D eigenvalue weighted by Crippen LogP contribution is 2.33. The van der Waals surface area contributed by atoms with Crippen LogP contribution in [0.1, 0.15) is 68.4 Å². The molecular weight excluding hydrogens is 236 g/mol. The first kappa shape index (κ1) is 14.3. The molecule has 2 heteroatoms. The Bertz CT molecular complexity index is 402. The molecule has 2 nitrogen and oxygen atoms in total. The van der Waals surface area contributed by atoms with Crippen LogP contribution < -0.4 is 0 Å². The molecule has 0 bridgehead atoms. The molecule has 1 saturated carbocycles. The molecule has 1 aromatic carbocycles. The summed E-state index contributed by atoms with van der Waals surface area (Å²) in [5, 5.41) is 9.39. The lowest BCUT2D eigenvalue weighted by molar-refractivity contribution is -0.117. The average molecular weight is 260 g/mol. The summed E-state index contributed by atoms with van der Waals surface area (Å²) >= 11 is 0. The molecule has 0 amide bonds. The topological polar surface area (TPSA) is 37.3 Å². The molecule has 1 aromatic rings. The molecule has 1 aliphatic rings. The zero-order chi connectivity index (χ0) is 13.7. The van der Waals surface area contributed by atoms with E-state index in [1.807, 2.05) is 0 Å². The van der Waals surface area contributed by atoms with Crippen molar-refractivity contribution >= 4 is 5.78 Å². The van der Waals surface area contributed by atoms with E-state index >= 15 is 0 Å². The fourth-order valence-electron chi connectivity index (χ4n) is 3.11. The zero-order valence-corrected chi connectivity index (χ0v) is 11.8. The Hall–Kier alpha value is -1.15. The highest BCUT2D eigenvalue weighted by molar-refractivity contribution is 5.76. The van der Waals surface area contributed by atoms with Crippen LogP contribution in [0.15, 0.2) is 24.3 Å². The molecule has 0 saturated heterocycles. The Morgan fingerprint density at radius 1 is 1.21 bits per heavy atom. The molecule has 0 aromatic heterocycles. The van der Waals surface area contributed by atoms with Gasteiger partial charge < -0.3 is 9.90 Å². The third kappa shape index (κ3) is 3.90. The number of Topliss-reactive ketones (excluding diaryl/α,β-unsaturated/α-hetero) is 1. The molecule has 0 aliphatic heterocycles. The van der Waals surface area contributed by atoms with Gasteiger partial charge in [0.15, 0.2) is 0 Å². The maximum atomic E-state index is 11.2. The van der Waals surface area contributed by atoms with E-state index in [1.54, 1.807) is 6.92 Å². The number of benzene rings is 1. The third-order valence-electron chi connectivity index (χ3n) is 4.24. The Balaban J connectivity index is 2.05. The number of ketones is 1. The lowest BCUT2D eigenvalue weighted by Crippen LogP contribution is -2.09. The minimum absolute atomic E-state index is 0.0436. The molecule has 104 valence electrons.